The summed E-state index contributed by atoms with van der Waals surface area (Å²) in [6, 6.07) is 0. The van der Waals surface area contributed by atoms with Gasteiger partial charge in [-0.15, -0.1) is 11.6 Å². The molecule has 158 valence electrons. The van der Waals surface area contributed by atoms with Crippen molar-refractivity contribution in [3.8, 4) is 0 Å². The first-order valence-electron chi connectivity index (χ1n) is 11.2. The smallest absolute Gasteiger partial charge is 0.238 e. The van der Waals surface area contributed by atoms with Gasteiger partial charge in [-0.1, -0.05) is 79.6 Å². The first-order valence-corrected chi connectivity index (χ1v) is 13.7. The molecule has 0 bridgehead atoms. The summed E-state index contributed by atoms with van der Waals surface area (Å²) in [5.74, 6) is -0.365. The lowest BCUT2D eigenvalue weighted by Crippen LogP contribution is -2.38. The maximum absolute atomic E-state index is 11.1. The van der Waals surface area contributed by atoms with Crippen LogP contribution in [-0.4, -0.2) is 29.3 Å². The van der Waals surface area contributed by atoms with E-state index in [9.17, 15) is 4.79 Å². The minimum Gasteiger partial charge on any atom is -0.368 e. The van der Waals surface area contributed by atoms with Crippen LogP contribution < -0.4 is 5.73 Å². The SMILES string of the molecule is CCCCC(Cl)(CCCC)C(N)=O.CCCC[PH+](CCCC)CCCC. The first-order chi connectivity index (χ1) is 12.4. The first kappa shape index (κ1) is 28.4. The van der Waals surface area contributed by atoms with E-state index in [0.29, 0.717) is 12.8 Å². The van der Waals surface area contributed by atoms with Crippen molar-refractivity contribution in [2.75, 3.05) is 18.5 Å². The molecule has 0 saturated heterocycles. The van der Waals surface area contributed by atoms with Crippen LogP contribution in [0.25, 0.3) is 0 Å². The number of alkyl halides is 1. The van der Waals surface area contributed by atoms with Gasteiger partial charge in [0.25, 0.3) is 0 Å². The Morgan fingerprint density at radius 1 is 0.731 bits per heavy atom. The molecule has 0 fully saturated rings. The Labute approximate surface area is 171 Å². The minimum absolute atomic E-state index is 0.0675. The lowest BCUT2D eigenvalue weighted by molar-refractivity contribution is -0.121. The molecule has 2 nitrogen and oxygen atoms in total. The summed E-state index contributed by atoms with van der Waals surface area (Å²) in [4.78, 5) is 10.3. The van der Waals surface area contributed by atoms with Gasteiger partial charge in [-0.25, -0.2) is 0 Å². The highest BCUT2D eigenvalue weighted by atomic mass is 35.5. The summed E-state index contributed by atoms with van der Waals surface area (Å²) in [5.41, 5.74) is 5.28. The number of nitrogens with two attached hydrogens (primary N) is 1. The largest absolute Gasteiger partial charge is 0.368 e. The number of halogens is 1. The molecule has 0 rings (SSSR count). The number of carbonyl (C=O) groups excluding carboxylic acids is 1. The minimum atomic E-state index is -0.786. The molecule has 0 aliphatic heterocycles. The van der Waals surface area contributed by atoms with Gasteiger partial charge in [-0.05, 0) is 32.1 Å². The Bertz CT molecular complexity index is 285. The highest BCUT2D eigenvalue weighted by Crippen LogP contribution is 2.38. The molecular formula is C22H48ClNOP+. The van der Waals surface area contributed by atoms with Crippen LogP contribution in [0.1, 0.15) is 112 Å². The van der Waals surface area contributed by atoms with Gasteiger partial charge in [0.1, 0.15) is 4.87 Å². The molecule has 0 heterocycles. The van der Waals surface area contributed by atoms with Crippen molar-refractivity contribution in [2.45, 2.75) is 117 Å². The van der Waals surface area contributed by atoms with Gasteiger partial charge >= 0.3 is 0 Å². The highest BCUT2D eigenvalue weighted by Gasteiger charge is 2.32. The van der Waals surface area contributed by atoms with E-state index in [1.54, 1.807) is 18.5 Å². The molecule has 0 unspecified atom stereocenters. The van der Waals surface area contributed by atoms with E-state index in [-0.39, 0.29) is 13.8 Å². The summed E-state index contributed by atoms with van der Waals surface area (Å²) in [7, 11) is 0.0675. The molecule has 0 aromatic rings. The van der Waals surface area contributed by atoms with Crippen molar-refractivity contribution in [1.29, 1.82) is 0 Å². The Morgan fingerprint density at radius 3 is 1.27 bits per heavy atom. The molecule has 4 heteroatoms. The monoisotopic (exact) mass is 408 g/mol. The quantitative estimate of drug-likeness (QED) is 0.209. The summed E-state index contributed by atoms with van der Waals surface area (Å²) < 4.78 is 0. The van der Waals surface area contributed by atoms with Crippen molar-refractivity contribution in [3.63, 3.8) is 0 Å². The summed E-state index contributed by atoms with van der Waals surface area (Å²) in [6.07, 6.45) is 18.9. The molecular weight excluding hydrogens is 361 g/mol. The number of hydrogen-bond donors (Lipinski definition) is 1. The third-order valence-electron chi connectivity index (χ3n) is 4.95. The van der Waals surface area contributed by atoms with Crippen LogP contribution in [0.4, 0.5) is 0 Å². The Hall–Kier alpha value is 0.190. The third-order valence-corrected chi connectivity index (χ3v) is 8.69. The van der Waals surface area contributed by atoms with Crippen LogP contribution in [0.2, 0.25) is 0 Å². The zero-order valence-electron chi connectivity index (χ0n) is 18.5. The molecule has 0 atom stereocenters. The molecule has 2 N–H and O–H groups in total. The molecule has 0 aromatic heterocycles. The van der Waals surface area contributed by atoms with Crippen LogP contribution in [0.3, 0.4) is 0 Å². The fourth-order valence-corrected chi connectivity index (χ4v) is 6.52. The number of unbranched alkanes of at least 4 members (excludes halogenated alkanes) is 5. The highest BCUT2D eigenvalue weighted by molar-refractivity contribution is 7.57. The Balaban J connectivity index is 0. The predicted molar refractivity (Wildman–Crippen MR) is 124 cm³/mol. The molecule has 0 aliphatic rings. The molecule has 0 aliphatic carbocycles. The second kappa shape index (κ2) is 19.9. The predicted octanol–water partition coefficient (Wildman–Crippen LogP) is 7.43. The molecule has 1 amide bonds. The van der Waals surface area contributed by atoms with E-state index in [4.69, 9.17) is 17.3 Å². The van der Waals surface area contributed by atoms with Crippen LogP contribution in [-0.2, 0) is 4.79 Å². The van der Waals surface area contributed by atoms with Gasteiger partial charge in [0.2, 0.25) is 5.91 Å². The van der Waals surface area contributed by atoms with Crippen LogP contribution >= 0.6 is 19.5 Å². The maximum Gasteiger partial charge on any atom is 0.238 e. The molecule has 0 saturated carbocycles. The van der Waals surface area contributed by atoms with Gasteiger partial charge in [0, 0.05) is 7.92 Å². The topological polar surface area (TPSA) is 43.1 Å². The Morgan fingerprint density at radius 2 is 1.04 bits per heavy atom. The molecule has 0 radical (unpaired) electrons. The van der Waals surface area contributed by atoms with Crippen molar-refractivity contribution in [2.24, 2.45) is 5.73 Å². The van der Waals surface area contributed by atoms with E-state index in [0.717, 1.165) is 25.7 Å². The normalized spacial score (nSPS) is 11.3. The van der Waals surface area contributed by atoms with E-state index in [1.165, 1.54) is 38.5 Å². The zero-order valence-corrected chi connectivity index (χ0v) is 20.2. The van der Waals surface area contributed by atoms with Gasteiger partial charge in [0.05, 0.1) is 18.5 Å². The van der Waals surface area contributed by atoms with Gasteiger partial charge in [0.15, 0.2) is 0 Å². The van der Waals surface area contributed by atoms with Crippen LogP contribution in [0, 0.1) is 0 Å². The van der Waals surface area contributed by atoms with E-state index >= 15 is 0 Å². The summed E-state index contributed by atoms with van der Waals surface area (Å²) in [6.45, 7) is 11.1. The third kappa shape index (κ3) is 16.4. The van der Waals surface area contributed by atoms with E-state index in [2.05, 4.69) is 34.6 Å². The average molecular weight is 409 g/mol. The second-order valence-electron chi connectivity index (χ2n) is 7.60. The van der Waals surface area contributed by atoms with Crippen LogP contribution in [0.15, 0.2) is 0 Å². The lowest BCUT2D eigenvalue weighted by Gasteiger charge is -2.22. The molecule has 26 heavy (non-hydrogen) atoms. The van der Waals surface area contributed by atoms with Crippen molar-refractivity contribution < 1.29 is 4.79 Å². The maximum atomic E-state index is 11.1. The second-order valence-corrected chi connectivity index (χ2v) is 11.3. The van der Waals surface area contributed by atoms with Gasteiger partial charge in [-0.3, -0.25) is 4.79 Å². The van der Waals surface area contributed by atoms with E-state index in [1.807, 2.05) is 0 Å². The van der Waals surface area contributed by atoms with Gasteiger partial charge in [-0.2, -0.15) is 0 Å². The van der Waals surface area contributed by atoms with E-state index < -0.39 is 4.87 Å². The standard InChI is InChI=1S/C12H27P.C10H20ClNO/c1-4-7-10-13(11-8-5-2)12-9-6-3;1-3-5-7-10(11,9(12)13)8-6-4-2/h4-12H2,1-3H3;3-8H2,1-2H3,(H2,12,13)/p+1. The zero-order chi connectivity index (χ0) is 20.3. The fourth-order valence-electron chi connectivity index (χ4n) is 2.94. The number of hydrogen-bond acceptors (Lipinski definition) is 1. The molecule has 0 aromatic carbocycles. The summed E-state index contributed by atoms with van der Waals surface area (Å²) in [5, 5.41) is 0. The molecule has 0 spiro atoms. The number of rotatable bonds is 16. The fraction of sp³-hybridized carbons (Fsp3) is 0.955. The average Bonchev–Trinajstić information content (AvgIpc) is 2.64. The Kier molecular flexibility index (Phi) is 21.8. The number of carbonyl (C=O) groups is 1. The summed E-state index contributed by atoms with van der Waals surface area (Å²) >= 11 is 6.16. The van der Waals surface area contributed by atoms with Crippen molar-refractivity contribution in [3.05, 3.63) is 0 Å². The van der Waals surface area contributed by atoms with Crippen molar-refractivity contribution in [1.82, 2.24) is 0 Å². The number of primary amides is 1. The van der Waals surface area contributed by atoms with Crippen molar-refractivity contribution >= 4 is 25.4 Å². The lowest BCUT2D eigenvalue weighted by atomic mass is 9.94. The van der Waals surface area contributed by atoms with Crippen LogP contribution in [0.5, 0.6) is 0 Å². The van der Waals surface area contributed by atoms with Gasteiger partial charge < -0.3 is 5.73 Å². The number of amides is 1.